The Bertz CT molecular complexity index is 638. The SMILES string of the molecule is Cc1cc(C[C@@H](O)C(=O)O)cc(C)c1OCc1ccccc1.[H-].[Na+]. The van der Waals surface area contributed by atoms with Crippen LogP contribution in [0.5, 0.6) is 5.75 Å². The van der Waals surface area contributed by atoms with Crippen LogP contribution in [0.15, 0.2) is 42.5 Å². The zero-order valence-electron chi connectivity index (χ0n) is 14.7. The van der Waals surface area contributed by atoms with E-state index in [2.05, 4.69) is 0 Å². The molecule has 2 aromatic carbocycles. The van der Waals surface area contributed by atoms with E-state index in [1.807, 2.05) is 56.3 Å². The van der Waals surface area contributed by atoms with Crippen LogP contribution >= 0.6 is 0 Å². The summed E-state index contributed by atoms with van der Waals surface area (Å²) in [5.41, 5.74) is 3.75. The molecule has 0 aliphatic heterocycles. The maximum absolute atomic E-state index is 10.7. The minimum atomic E-state index is -1.38. The molecule has 0 aliphatic carbocycles. The van der Waals surface area contributed by atoms with Crippen LogP contribution in [0.1, 0.15) is 23.7 Å². The molecule has 0 aromatic heterocycles. The maximum Gasteiger partial charge on any atom is 1.00 e. The molecule has 0 fully saturated rings. The van der Waals surface area contributed by atoms with Crippen LogP contribution in [-0.2, 0) is 17.8 Å². The fourth-order valence-corrected chi connectivity index (χ4v) is 2.43. The van der Waals surface area contributed by atoms with Crippen LogP contribution < -0.4 is 34.3 Å². The summed E-state index contributed by atoms with van der Waals surface area (Å²) in [6, 6.07) is 13.6. The van der Waals surface area contributed by atoms with Gasteiger partial charge in [0.1, 0.15) is 12.4 Å². The second-order valence-corrected chi connectivity index (χ2v) is 5.39. The number of rotatable bonds is 6. The van der Waals surface area contributed by atoms with Crippen LogP contribution in [-0.4, -0.2) is 22.3 Å². The van der Waals surface area contributed by atoms with Gasteiger partial charge in [0.2, 0.25) is 0 Å². The second kappa shape index (κ2) is 9.08. The van der Waals surface area contributed by atoms with E-state index in [4.69, 9.17) is 9.84 Å². The number of carboxylic acid groups (broad SMARTS) is 1. The van der Waals surface area contributed by atoms with Gasteiger partial charge in [-0.15, -0.1) is 0 Å². The van der Waals surface area contributed by atoms with Crippen molar-refractivity contribution in [3.8, 4) is 5.75 Å². The molecule has 2 rings (SSSR count). The molecule has 118 valence electrons. The first kappa shape index (κ1) is 19.7. The van der Waals surface area contributed by atoms with Crippen molar-refractivity contribution in [2.45, 2.75) is 33.0 Å². The van der Waals surface area contributed by atoms with Crippen LogP contribution in [0.25, 0.3) is 0 Å². The molecular formula is C18H21NaO4. The molecular weight excluding hydrogens is 303 g/mol. The van der Waals surface area contributed by atoms with E-state index in [9.17, 15) is 9.90 Å². The molecule has 0 aliphatic rings. The van der Waals surface area contributed by atoms with E-state index >= 15 is 0 Å². The van der Waals surface area contributed by atoms with Crippen LogP contribution in [0.2, 0.25) is 0 Å². The second-order valence-electron chi connectivity index (χ2n) is 5.39. The first-order chi connectivity index (χ1) is 10.5. The number of aliphatic carboxylic acids is 1. The van der Waals surface area contributed by atoms with Crippen molar-refractivity contribution >= 4 is 5.97 Å². The third kappa shape index (κ3) is 5.66. The third-order valence-electron chi connectivity index (χ3n) is 3.46. The Morgan fingerprint density at radius 1 is 1.13 bits per heavy atom. The summed E-state index contributed by atoms with van der Waals surface area (Å²) in [4.78, 5) is 10.7. The summed E-state index contributed by atoms with van der Waals surface area (Å²) in [6.07, 6.45) is -1.29. The standard InChI is InChI=1S/C18H20O4.Na.H/c1-12-8-15(10-16(19)18(20)21)9-13(2)17(12)22-11-14-6-4-3-5-7-14;;/h3-9,16,19H,10-11H2,1-2H3,(H,20,21);;/q;+1;-1/t16-;;/m1../s1. The fraction of sp³-hybridized carbons (Fsp3) is 0.278. The first-order valence-corrected chi connectivity index (χ1v) is 7.15. The van der Waals surface area contributed by atoms with Gasteiger partial charge in [-0.05, 0) is 36.1 Å². The van der Waals surface area contributed by atoms with Gasteiger partial charge in [-0.3, -0.25) is 0 Å². The van der Waals surface area contributed by atoms with Crippen molar-refractivity contribution in [2.24, 2.45) is 0 Å². The number of carbonyl (C=O) groups is 1. The number of hydrogen-bond donors (Lipinski definition) is 2. The summed E-state index contributed by atoms with van der Waals surface area (Å²) >= 11 is 0. The Balaban J connectivity index is 0.00000264. The summed E-state index contributed by atoms with van der Waals surface area (Å²) in [7, 11) is 0. The van der Waals surface area contributed by atoms with Gasteiger partial charge in [0.05, 0.1) is 0 Å². The quantitative estimate of drug-likeness (QED) is 0.734. The molecule has 0 saturated carbocycles. The Labute approximate surface area is 159 Å². The minimum absolute atomic E-state index is 0. The van der Waals surface area contributed by atoms with Crippen LogP contribution in [0, 0.1) is 13.8 Å². The van der Waals surface area contributed by atoms with Gasteiger partial charge >= 0.3 is 35.5 Å². The van der Waals surface area contributed by atoms with E-state index in [0.29, 0.717) is 6.61 Å². The van der Waals surface area contributed by atoms with Crippen molar-refractivity contribution in [1.29, 1.82) is 0 Å². The van der Waals surface area contributed by atoms with Gasteiger partial charge in [-0.2, -0.15) is 0 Å². The number of aliphatic hydroxyl groups is 1. The predicted octanol–water partition coefficient (Wildman–Crippen LogP) is -0.0131. The van der Waals surface area contributed by atoms with Gasteiger partial charge in [-0.1, -0.05) is 42.5 Å². The van der Waals surface area contributed by atoms with E-state index in [0.717, 1.165) is 28.0 Å². The minimum Gasteiger partial charge on any atom is -1.00 e. The van der Waals surface area contributed by atoms with Crippen molar-refractivity contribution in [3.63, 3.8) is 0 Å². The van der Waals surface area contributed by atoms with Gasteiger partial charge < -0.3 is 16.4 Å². The van der Waals surface area contributed by atoms with Crippen molar-refractivity contribution < 1.29 is 50.7 Å². The smallest absolute Gasteiger partial charge is 1.00 e. The number of carboxylic acids is 1. The molecule has 0 heterocycles. The van der Waals surface area contributed by atoms with Gasteiger partial charge in [0.25, 0.3) is 0 Å². The largest absolute Gasteiger partial charge is 1.00 e. The van der Waals surface area contributed by atoms with E-state index in [1.54, 1.807) is 0 Å². The molecule has 0 amide bonds. The zero-order valence-corrected chi connectivity index (χ0v) is 15.7. The van der Waals surface area contributed by atoms with Gasteiger partial charge in [0, 0.05) is 6.42 Å². The topological polar surface area (TPSA) is 66.8 Å². The molecule has 0 radical (unpaired) electrons. The van der Waals surface area contributed by atoms with Crippen LogP contribution in [0.4, 0.5) is 0 Å². The van der Waals surface area contributed by atoms with Crippen molar-refractivity contribution in [2.75, 3.05) is 0 Å². The molecule has 1 atom stereocenters. The average molecular weight is 324 g/mol. The van der Waals surface area contributed by atoms with E-state index in [-0.39, 0.29) is 37.4 Å². The van der Waals surface area contributed by atoms with E-state index < -0.39 is 12.1 Å². The first-order valence-electron chi connectivity index (χ1n) is 7.15. The zero-order chi connectivity index (χ0) is 16.1. The van der Waals surface area contributed by atoms with Crippen molar-refractivity contribution in [1.82, 2.24) is 0 Å². The van der Waals surface area contributed by atoms with Crippen LogP contribution in [0.3, 0.4) is 0 Å². The summed E-state index contributed by atoms with van der Waals surface area (Å²) in [5, 5.41) is 18.2. The molecule has 0 unspecified atom stereocenters. The summed E-state index contributed by atoms with van der Waals surface area (Å²) in [6.45, 7) is 4.33. The molecule has 0 bridgehead atoms. The third-order valence-corrected chi connectivity index (χ3v) is 3.46. The maximum atomic E-state index is 10.7. The monoisotopic (exact) mass is 324 g/mol. The summed E-state index contributed by atoms with van der Waals surface area (Å²) in [5.74, 6) is -0.405. The molecule has 0 saturated heterocycles. The Morgan fingerprint density at radius 2 is 1.70 bits per heavy atom. The van der Waals surface area contributed by atoms with Gasteiger partial charge in [-0.25, -0.2) is 4.79 Å². The van der Waals surface area contributed by atoms with Crippen molar-refractivity contribution in [3.05, 3.63) is 64.7 Å². The number of benzene rings is 2. The number of aliphatic hydroxyl groups excluding tert-OH is 1. The summed E-state index contributed by atoms with van der Waals surface area (Å²) < 4.78 is 5.88. The number of ether oxygens (including phenoxy) is 1. The number of hydrogen-bond acceptors (Lipinski definition) is 3. The molecule has 4 nitrogen and oxygen atoms in total. The Morgan fingerprint density at radius 3 is 2.22 bits per heavy atom. The molecule has 23 heavy (non-hydrogen) atoms. The average Bonchev–Trinajstić information content (AvgIpc) is 2.47. The normalized spacial score (nSPS) is 11.4. The predicted molar refractivity (Wildman–Crippen MR) is 85.1 cm³/mol. The molecule has 2 aromatic rings. The molecule has 2 N–H and O–H groups in total. The Hall–Kier alpha value is -1.33. The van der Waals surface area contributed by atoms with Gasteiger partial charge in [0.15, 0.2) is 6.10 Å². The molecule has 5 heteroatoms. The van der Waals surface area contributed by atoms with E-state index in [1.165, 1.54) is 0 Å². The number of aryl methyl sites for hydroxylation is 2. The molecule has 0 spiro atoms. The Kier molecular flexibility index (Phi) is 7.79. The fourth-order valence-electron chi connectivity index (χ4n) is 2.43.